The normalized spacial score (nSPS) is 30.2. The topological polar surface area (TPSA) is 0 Å². The van der Waals surface area contributed by atoms with Crippen molar-refractivity contribution in [3.8, 4) is 0 Å². The van der Waals surface area contributed by atoms with Crippen LogP contribution in [-0.2, 0) is 6.42 Å². The lowest BCUT2D eigenvalue weighted by Crippen LogP contribution is -2.05. The Morgan fingerprint density at radius 1 is 1.31 bits per heavy atom. The van der Waals surface area contributed by atoms with Gasteiger partial charge < -0.3 is 0 Å². The van der Waals surface area contributed by atoms with Crippen LogP contribution >= 0.6 is 15.9 Å². The van der Waals surface area contributed by atoms with Crippen LogP contribution in [-0.4, -0.2) is 0 Å². The highest BCUT2D eigenvalue weighted by atomic mass is 79.9. The van der Waals surface area contributed by atoms with Gasteiger partial charge in [0.25, 0.3) is 0 Å². The van der Waals surface area contributed by atoms with Gasteiger partial charge in [0.05, 0.1) is 0 Å². The Kier molecular flexibility index (Phi) is 1.76. The first kappa shape index (κ1) is 8.05. The van der Waals surface area contributed by atoms with Crippen molar-refractivity contribution in [3.05, 3.63) is 34.9 Å². The molecule has 2 aliphatic carbocycles. The molecular weight excluding hydrogens is 224 g/mol. The van der Waals surface area contributed by atoms with Gasteiger partial charge in [-0.15, -0.1) is 0 Å². The van der Waals surface area contributed by atoms with Gasteiger partial charge in [0.2, 0.25) is 0 Å². The van der Waals surface area contributed by atoms with E-state index >= 15 is 0 Å². The number of aryl methyl sites for hydroxylation is 1. The number of rotatable bonds is 0. The van der Waals surface area contributed by atoms with Gasteiger partial charge in [-0.25, -0.2) is 0 Å². The highest BCUT2D eigenvalue weighted by Crippen LogP contribution is 2.50. The van der Waals surface area contributed by atoms with E-state index < -0.39 is 0 Å². The van der Waals surface area contributed by atoms with Gasteiger partial charge in [-0.2, -0.15) is 0 Å². The third kappa shape index (κ3) is 1.10. The van der Waals surface area contributed by atoms with Crippen molar-refractivity contribution in [3.63, 3.8) is 0 Å². The van der Waals surface area contributed by atoms with Crippen molar-refractivity contribution in [1.29, 1.82) is 0 Å². The molecule has 3 rings (SSSR count). The second-order valence-electron chi connectivity index (χ2n) is 4.21. The van der Waals surface area contributed by atoms with Gasteiger partial charge in [-0.3, -0.25) is 0 Å². The lowest BCUT2D eigenvalue weighted by Gasteiger charge is -2.21. The Morgan fingerprint density at radius 3 is 3.15 bits per heavy atom. The molecule has 0 nitrogen and oxygen atoms in total. The van der Waals surface area contributed by atoms with E-state index in [9.17, 15) is 0 Å². The number of alkyl halides is 1. The molecule has 0 saturated carbocycles. The summed E-state index contributed by atoms with van der Waals surface area (Å²) in [6.07, 6.45) is 5.43. The molecule has 0 spiro atoms. The average Bonchev–Trinajstić information content (AvgIpc) is 2.47. The molecule has 2 atom stereocenters. The Hall–Kier alpha value is -0.300. The van der Waals surface area contributed by atoms with Crippen LogP contribution in [0.4, 0.5) is 0 Å². The van der Waals surface area contributed by atoms with E-state index in [1.165, 1.54) is 25.7 Å². The monoisotopic (exact) mass is 236 g/mol. The summed E-state index contributed by atoms with van der Waals surface area (Å²) in [7, 11) is 0. The fourth-order valence-corrected chi connectivity index (χ4v) is 3.77. The lowest BCUT2D eigenvalue weighted by molar-refractivity contribution is 0.554. The molecule has 2 aliphatic rings. The van der Waals surface area contributed by atoms with Gasteiger partial charge >= 0.3 is 0 Å². The molecule has 1 aromatic carbocycles. The minimum absolute atomic E-state index is 0.630. The van der Waals surface area contributed by atoms with Crippen LogP contribution < -0.4 is 0 Å². The first-order chi connectivity index (χ1) is 6.36. The average molecular weight is 237 g/mol. The Bertz CT molecular complexity index is 343. The smallest absolute Gasteiger partial charge is 0.0404 e. The van der Waals surface area contributed by atoms with Crippen LogP contribution in [0, 0.1) is 0 Å². The van der Waals surface area contributed by atoms with E-state index in [4.69, 9.17) is 0 Å². The minimum Gasteiger partial charge on any atom is -0.0838 e. The Balaban J connectivity index is 2.22. The molecule has 0 radical (unpaired) electrons. The molecule has 1 heteroatoms. The highest BCUT2D eigenvalue weighted by Gasteiger charge is 2.32. The summed E-state index contributed by atoms with van der Waals surface area (Å²) in [6, 6.07) is 6.83. The standard InChI is InChI=1S/C12H13Br/c13-11-7-9-5-1-3-8-4-2-6-10(11)12(8)9/h2,4,6,9,11H,1,3,5,7H2. The molecular formula is C12H13Br. The van der Waals surface area contributed by atoms with Crippen LogP contribution in [0.5, 0.6) is 0 Å². The van der Waals surface area contributed by atoms with Gasteiger partial charge in [-0.1, -0.05) is 34.1 Å². The second kappa shape index (κ2) is 2.84. The summed E-state index contributed by atoms with van der Waals surface area (Å²) in [5.41, 5.74) is 4.88. The summed E-state index contributed by atoms with van der Waals surface area (Å²) in [4.78, 5) is 0.630. The van der Waals surface area contributed by atoms with E-state index in [2.05, 4.69) is 34.1 Å². The zero-order valence-corrected chi connectivity index (χ0v) is 9.18. The summed E-state index contributed by atoms with van der Waals surface area (Å²) in [6.45, 7) is 0. The van der Waals surface area contributed by atoms with Crippen molar-refractivity contribution < 1.29 is 0 Å². The first-order valence-electron chi connectivity index (χ1n) is 5.12. The maximum Gasteiger partial charge on any atom is 0.0404 e. The molecule has 1 aromatic rings. The molecule has 0 fully saturated rings. The molecule has 2 unspecified atom stereocenters. The fraction of sp³-hybridized carbons (Fsp3) is 0.500. The van der Waals surface area contributed by atoms with Gasteiger partial charge in [0, 0.05) is 4.83 Å². The Morgan fingerprint density at radius 2 is 2.23 bits per heavy atom. The molecule has 0 amide bonds. The van der Waals surface area contributed by atoms with Crippen LogP contribution in [0.3, 0.4) is 0 Å². The van der Waals surface area contributed by atoms with E-state index in [1.54, 1.807) is 16.7 Å². The molecule has 0 N–H and O–H groups in total. The van der Waals surface area contributed by atoms with Crippen LogP contribution in [0.25, 0.3) is 0 Å². The highest BCUT2D eigenvalue weighted by molar-refractivity contribution is 9.09. The van der Waals surface area contributed by atoms with E-state index in [-0.39, 0.29) is 0 Å². The van der Waals surface area contributed by atoms with Crippen molar-refractivity contribution in [1.82, 2.24) is 0 Å². The lowest BCUT2D eigenvalue weighted by atomic mass is 9.84. The van der Waals surface area contributed by atoms with Gasteiger partial charge in [0.1, 0.15) is 0 Å². The predicted octanol–water partition coefficient (Wildman–Crippen LogP) is 3.95. The number of hydrogen-bond acceptors (Lipinski definition) is 0. The molecule has 13 heavy (non-hydrogen) atoms. The second-order valence-corrected chi connectivity index (χ2v) is 5.32. The molecule has 0 aromatic heterocycles. The van der Waals surface area contributed by atoms with E-state index in [0.29, 0.717) is 4.83 Å². The van der Waals surface area contributed by atoms with Gasteiger partial charge in [0.15, 0.2) is 0 Å². The molecule has 68 valence electrons. The Labute approximate surface area is 87.5 Å². The zero-order chi connectivity index (χ0) is 8.84. The predicted molar refractivity (Wildman–Crippen MR) is 58.4 cm³/mol. The van der Waals surface area contributed by atoms with E-state index in [1.807, 2.05) is 0 Å². The van der Waals surface area contributed by atoms with Crippen LogP contribution in [0.15, 0.2) is 18.2 Å². The first-order valence-corrected chi connectivity index (χ1v) is 6.03. The van der Waals surface area contributed by atoms with Crippen molar-refractivity contribution in [2.45, 2.75) is 36.4 Å². The molecule has 0 heterocycles. The third-order valence-corrected chi connectivity index (χ3v) is 4.33. The number of benzene rings is 1. The number of halogens is 1. The van der Waals surface area contributed by atoms with Crippen molar-refractivity contribution >= 4 is 15.9 Å². The minimum atomic E-state index is 0.630. The summed E-state index contributed by atoms with van der Waals surface area (Å²) in [5.74, 6) is 0.865. The SMILES string of the molecule is BrC1CC2CCCc3cccc1c32. The number of hydrogen-bond donors (Lipinski definition) is 0. The third-order valence-electron chi connectivity index (χ3n) is 3.47. The van der Waals surface area contributed by atoms with Gasteiger partial charge in [-0.05, 0) is 48.3 Å². The van der Waals surface area contributed by atoms with Crippen molar-refractivity contribution in [2.24, 2.45) is 0 Å². The molecule has 0 saturated heterocycles. The quantitative estimate of drug-likeness (QED) is 0.599. The fourth-order valence-electron chi connectivity index (χ4n) is 2.92. The summed E-state index contributed by atoms with van der Waals surface area (Å²) in [5, 5.41) is 0. The maximum absolute atomic E-state index is 3.78. The van der Waals surface area contributed by atoms with Crippen LogP contribution in [0.2, 0.25) is 0 Å². The maximum atomic E-state index is 3.78. The van der Waals surface area contributed by atoms with Crippen LogP contribution in [0.1, 0.15) is 46.7 Å². The van der Waals surface area contributed by atoms with Crippen molar-refractivity contribution in [2.75, 3.05) is 0 Å². The van der Waals surface area contributed by atoms with E-state index in [0.717, 1.165) is 5.92 Å². The summed E-state index contributed by atoms with van der Waals surface area (Å²) < 4.78 is 0. The molecule has 0 bridgehead atoms. The zero-order valence-electron chi connectivity index (χ0n) is 7.59. The molecule has 0 aliphatic heterocycles. The largest absolute Gasteiger partial charge is 0.0838 e. The summed E-state index contributed by atoms with van der Waals surface area (Å²) >= 11 is 3.78.